The summed E-state index contributed by atoms with van der Waals surface area (Å²) in [6.07, 6.45) is 0.650. The Bertz CT molecular complexity index is 833. The van der Waals surface area contributed by atoms with Crippen molar-refractivity contribution < 1.29 is 9.59 Å². The average Bonchev–Trinajstić information content (AvgIpc) is 3.12. The summed E-state index contributed by atoms with van der Waals surface area (Å²) in [6, 6.07) is 15.3. The fourth-order valence-electron chi connectivity index (χ4n) is 3.69. The van der Waals surface area contributed by atoms with E-state index in [1.165, 1.54) is 0 Å². The van der Waals surface area contributed by atoms with E-state index >= 15 is 0 Å². The van der Waals surface area contributed by atoms with Crippen molar-refractivity contribution in [3.63, 3.8) is 0 Å². The lowest BCUT2D eigenvalue weighted by Crippen LogP contribution is -2.40. The van der Waals surface area contributed by atoms with E-state index in [1.807, 2.05) is 55.5 Å². The molecule has 4 rings (SSSR count). The first-order valence-corrected chi connectivity index (χ1v) is 8.12. The van der Waals surface area contributed by atoms with Gasteiger partial charge >= 0.3 is 6.03 Å². The molecule has 122 valence electrons. The van der Waals surface area contributed by atoms with Crippen LogP contribution in [0.25, 0.3) is 0 Å². The van der Waals surface area contributed by atoms with Crippen molar-refractivity contribution in [2.24, 2.45) is 0 Å². The molecule has 0 saturated carbocycles. The van der Waals surface area contributed by atoms with E-state index in [-0.39, 0.29) is 11.9 Å². The van der Waals surface area contributed by atoms with Crippen LogP contribution >= 0.6 is 0 Å². The summed E-state index contributed by atoms with van der Waals surface area (Å²) in [6.45, 7) is 2.97. The molecule has 2 aliphatic rings. The van der Waals surface area contributed by atoms with E-state index in [0.29, 0.717) is 19.5 Å². The predicted molar refractivity (Wildman–Crippen MR) is 93.1 cm³/mol. The van der Waals surface area contributed by atoms with Crippen molar-refractivity contribution in [2.75, 3.05) is 23.7 Å². The SMILES string of the molecule is Cc1cccc(NC(=O)N2CC[C@@]3(C2)C(=O)Nc2ccccc23)c1. The summed E-state index contributed by atoms with van der Waals surface area (Å²) in [5.41, 5.74) is 3.12. The number of likely N-dealkylation sites (tertiary alicyclic amines) is 1. The predicted octanol–water partition coefficient (Wildman–Crippen LogP) is 3.12. The van der Waals surface area contributed by atoms with Crippen molar-refractivity contribution in [1.82, 2.24) is 4.90 Å². The first-order chi connectivity index (χ1) is 11.6. The third-order valence-corrected chi connectivity index (χ3v) is 4.95. The van der Waals surface area contributed by atoms with Crippen LogP contribution in [0.15, 0.2) is 48.5 Å². The van der Waals surface area contributed by atoms with Crippen molar-refractivity contribution in [3.05, 3.63) is 59.7 Å². The van der Waals surface area contributed by atoms with Crippen molar-refractivity contribution >= 4 is 23.3 Å². The molecule has 3 amide bonds. The van der Waals surface area contributed by atoms with Crippen LogP contribution in [-0.2, 0) is 10.2 Å². The number of hydrogen-bond acceptors (Lipinski definition) is 2. The molecular weight excluding hydrogens is 302 g/mol. The van der Waals surface area contributed by atoms with Gasteiger partial charge in [-0.15, -0.1) is 0 Å². The van der Waals surface area contributed by atoms with Gasteiger partial charge in [0.1, 0.15) is 0 Å². The Morgan fingerprint density at radius 3 is 2.88 bits per heavy atom. The molecule has 1 atom stereocenters. The highest BCUT2D eigenvalue weighted by Gasteiger charge is 2.51. The summed E-state index contributed by atoms with van der Waals surface area (Å²) in [5.74, 6) is -0.00504. The highest BCUT2D eigenvalue weighted by molar-refractivity contribution is 6.07. The normalized spacial score (nSPS) is 21.7. The van der Waals surface area contributed by atoms with Gasteiger partial charge in [-0.3, -0.25) is 4.79 Å². The molecule has 5 heteroatoms. The van der Waals surface area contributed by atoms with E-state index in [2.05, 4.69) is 10.6 Å². The molecular formula is C19H19N3O2. The minimum absolute atomic E-state index is 0.00504. The van der Waals surface area contributed by atoms with E-state index in [0.717, 1.165) is 22.5 Å². The fourth-order valence-corrected chi connectivity index (χ4v) is 3.69. The van der Waals surface area contributed by atoms with Gasteiger partial charge in [-0.1, -0.05) is 30.3 Å². The molecule has 0 bridgehead atoms. The van der Waals surface area contributed by atoms with E-state index in [9.17, 15) is 9.59 Å². The second-order valence-electron chi connectivity index (χ2n) is 6.55. The first kappa shape index (κ1) is 14.8. The van der Waals surface area contributed by atoms with Crippen LogP contribution < -0.4 is 10.6 Å². The lowest BCUT2D eigenvalue weighted by Gasteiger charge is -2.22. The maximum atomic E-state index is 12.6. The zero-order valence-electron chi connectivity index (χ0n) is 13.5. The van der Waals surface area contributed by atoms with Crippen LogP contribution in [-0.4, -0.2) is 29.9 Å². The van der Waals surface area contributed by atoms with Gasteiger partial charge in [0, 0.05) is 24.5 Å². The Kier molecular flexibility index (Phi) is 3.30. The summed E-state index contributed by atoms with van der Waals surface area (Å²) in [5, 5.41) is 5.87. The van der Waals surface area contributed by atoms with Gasteiger partial charge in [0.2, 0.25) is 5.91 Å². The number of carbonyl (C=O) groups excluding carboxylic acids is 2. The molecule has 1 spiro atoms. The topological polar surface area (TPSA) is 61.4 Å². The number of urea groups is 1. The molecule has 5 nitrogen and oxygen atoms in total. The number of nitrogens with one attached hydrogen (secondary N) is 2. The molecule has 24 heavy (non-hydrogen) atoms. The number of amides is 3. The number of benzene rings is 2. The number of aryl methyl sites for hydroxylation is 1. The van der Waals surface area contributed by atoms with Gasteiger partial charge < -0.3 is 15.5 Å². The van der Waals surface area contributed by atoms with Crippen LogP contribution in [0.3, 0.4) is 0 Å². The average molecular weight is 321 g/mol. The highest BCUT2D eigenvalue weighted by Crippen LogP contribution is 2.44. The number of fused-ring (bicyclic) bond motifs is 2. The largest absolute Gasteiger partial charge is 0.325 e. The van der Waals surface area contributed by atoms with E-state index < -0.39 is 5.41 Å². The van der Waals surface area contributed by atoms with Crippen LogP contribution in [0.5, 0.6) is 0 Å². The molecule has 0 unspecified atom stereocenters. The van der Waals surface area contributed by atoms with Gasteiger partial charge in [0.15, 0.2) is 0 Å². The molecule has 2 heterocycles. The molecule has 2 N–H and O–H groups in total. The lowest BCUT2D eigenvalue weighted by atomic mass is 9.81. The molecule has 1 saturated heterocycles. The van der Waals surface area contributed by atoms with Gasteiger partial charge in [-0.25, -0.2) is 4.79 Å². The first-order valence-electron chi connectivity index (χ1n) is 8.12. The van der Waals surface area contributed by atoms with Crippen LogP contribution in [0.4, 0.5) is 16.2 Å². The van der Waals surface area contributed by atoms with Crippen molar-refractivity contribution in [1.29, 1.82) is 0 Å². The van der Waals surface area contributed by atoms with Crippen LogP contribution in [0, 0.1) is 6.92 Å². The molecule has 0 aromatic heterocycles. The number of anilines is 2. The van der Waals surface area contributed by atoms with Gasteiger partial charge in [0.25, 0.3) is 0 Å². The number of para-hydroxylation sites is 1. The quantitative estimate of drug-likeness (QED) is 0.848. The van der Waals surface area contributed by atoms with Crippen LogP contribution in [0.2, 0.25) is 0 Å². The van der Waals surface area contributed by atoms with Gasteiger partial charge in [0.05, 0.1) is 5.41 Å². The lowest BCUT2D eigenvalue weighted by molar-refractivity contribution is -0.120. The van der Waals surface area contributed by atoms with E-state index in [4.69, 9.17) is 0 Å². The molecule has 2 aliphatic heterocycles. The number of nitrogens with zero attached hydrogens (tertiary/aromatic N) is 1. The Morgan fingerprint density at radius 1 is 1.21 bits per heavy atom. The Morgan fingerprint density at radius 2 is 2.04 bits per heavy atom. The zero-order valence-corrected chi connectivity index (χ0v) is 13.5. The summed E-state index contributed by atoms with van der Waals surface area (Å²) >= 11 is 0. The third-order valence-electron chi connectivity index (χ3n) is 4.95. The van der Waals surface area contributed by atoms with Crippen molar-refractivity contribution in [2.45, 2.75) is 18.8 Å². The summed E-state index contributed by atoms with van der Waals surface area (Å²) in [7, 11) is 0. The second-order valence-corrected chi connectivity index (χ2v) is 6.55. The molecule has 1 fully saturated rings. The number of rotatable bonds is 1. The minimum Gasteiger partial charge on any atom is -0.325 e. The highest BCUT2D eigenvalue weighted by atomic mass is 16.2. The maximum Gasteiger partial charge on any atom is 0.321 e. The monoisotopic (exact) mass is 321 g/mol. The molecule has 2 aromatic rings. The van der Waals surface area contributed by atoms with Crippen LogP contribution in [0.1, 0.15) is 17.5 Å². The molecule has 2 aromatic carbocycles. The number of hydrogen-bond donors (Lipinski definition) is 2. The Labute approximate surface area is 140 Å². The molecule has 0 aliphatic carbocycles. The smallest absolute Gasteiger partial charge is 0.321 e. The fraction of sp³-hybridized carbons (Fsp3) is 0.263. The molecule has 0 radical (unpaired) electrons. The third kappa shape index (κ3) is 2.24. The maximum absolute atomic E-state index is 12.6. The summed E-state index contributed by atoms with van der Waals surface area (Å²) < 4.78 is 0. The zero-order chi connectivity index (χ0) is 16.7. The van der Waals surface area contributed by atoms with Crippen molar-refractivity contribution in [3.8, 4) is 0 Å². The number of carbonyl (C=O) groups is 2. The van der Waals surface area contributed by atoms with E-state index in [1.54, 1.807) is 4.90 Å². The summed E-state index contributed by atoms with van der Waals surface area (Å²) in [4.78, 5) is 26.9. The van der Waals surface area contributed by atoms with Gasteiger partial charge in [-0.2, -0.15) is 0 Å². The van der Waals surface area contributed by atoms with Gasteiger partial charge in [-0.05, 0) is 42.7 Å². The Hall–Kier alpha value is -2.82. The standard InChI is InChI=1S/C19H19N3O2/c1-13-5-4-6-14(11-13)20-18(24)22-10-9-19(12-22)15-7-2-3-8-16(15)21-17(19)23/h2-8,11H,9-10,12H2,1H3,(H,20,24)(H,21,23)/t19-/m0/s1. The Balaban J connectivity index is 1.54. The second kappa shape index (κ2) is 5.37. The minimum atomic E-state index is -0.611.